The number of rotatable bonds is 7. The number of benzene rings is 1. The van der Waals surface area contributed by atoms with Crippen molar-refractivity contribution in [2.75, 3.05) is 19.8 Å². The van der Waals surface area contributed by atoms with Crippen molar-refractivity contribution in [1.82, 2.24) is 20.0 Å². The van der Waals surface area contributed by atoms with Gasteiger partial charge in [-0.15, -0.1) is 0 Å². The molecular formula is C23H34N4O3. The van der Waals surface area contributed by atoms with E-state index in [0.717, 1.165) is 44.5 Å². The van der Waals surface area contributed by atoms with Gasteiger partial charge in [-0.25, -0.2) is 0 Å². The maximum atomic E-state index is 13.2. The third-order valence-corrected chi connectivity index (χ3v) is 6.71. The van der Waals surface area contributed by atoms with E-state index < -0.39 is 0 Å². The van der Waals surface area contributed by atoms with Crippen LogP contribution in [0.1, 0.15) is 69.4 Å². The van der Waals surface area contributed by atoms with Crippen molar-refractivity contribution in [3.05, 3.63) is 23.9 Å². The topological polar surface area (TPSA) is 79.6 Å². The monoisotopic (exact) mass is 414 g/mol. The maximum absolute atomic E-state index is 13.2. The van der Waals surface area contributed by atoms with Gasteiger partial charge >= 0.3 is 0 Å². The van der Waals surface area contributed by atoms with Gasteiger partial charge in [-0.1, -0.05) is 26.3 Å². The van der Waals surface area contributed by atoms with Gasteiger partial charge in [-0.2, -0.15) is 5.10 Å². The lowest BCUT2D eigenvalue weighted by Crippen LogP contribution is -2.60. The van der Waals surface area contributed by atoms with Crippen LogP contribution in [-0.2, 0) is 4.74 Å². The zero-order valence-electron chi connectivity index (χ0n) is 18.3. The number of phenols is 1. The van der Waals surface area contributed by atoms with E-state index >= 15 is 0 Å². The number of nitrogens with zero attached hydrogens (tertiary/aromatic N) is 3. The van der Waals surface area contributed by atoms with Gasteiger partial charge in [-0.05, 0) is 51.3 Å². The molecule has 2 bridgehead atoms. The second kappa shape index (κ2) is 8.94. The summed E-state index contributed by atoms with van der Waals surface area (Å²) in [4.78, 5) is 15.8. The number of hydrogen-bond donors (Lipinski definition) is 2. The highest BCUT2D eigenvalue weighted by molar-refractivity contribution is 6.07. The van der Waals surface area contributed by atoms with Crippen LogP contribution < -0.4 is 5.32 Å². The average Bonchev–Trinajstić information content (AvgIpc) is 3.13. The highest BCUT2D eigenvalue weighted by Crippen LogP contribution is 2.32. The van der Waals surface area contributed by atoms with Crippen molar-refractivity contribution in [3.63, 3.8) is 0 Å². The predicted molar refractivity (Wildman–Crippen MR) is 117 cm³/mol. The summed E-state index contributed by atoms with van der Waals surface area (Å²) in [5, 5.41) is 18.9. The molecule has 2 saturated heterocycles. The van der Waals surface area contributed by atoms with E-state index in [1.165, 1.54) is 12.8 Å². The molecule has 2 aliphatic heterocycles. The molecular weight excluding hydrogens is 380 g/mol. The first-order chi connectivity index (χ1) is 14.5. The molecule has 164 valence electrons. The van der Waals surface area contributed by atoms with Gasteiger partial charge in [0, 0.05) is 24.2 Å². The van der Waals surface area contributed by atoms with Gasteiger partial charge in [0.05, 0.1) is 24.1 Å². The number of fused-ring (bicyclic) bond motifs is 3. The number of aromatic nitrogens is 2. The number of nitrogens with one attached hydrogen (secondary N) is 1. The molecule has 30 heavy (non-hydrogen) atoms. The number of carbonyl (C=O) groups is 1. The first kappa shape index (κ1) is 21.1. The van der Waals surface area contributed by atoms with E-state index in [1.54, 1.807) is 12.1 Å². The molecule has 7 nitrogen and oxygen atoms in total. The number of aromatic hydroxyl groups is 1. The third kappa shape index (κ3) is 3.93. The normalized spacial score (nSPS) is 25.4. The molecule has 0 spiro atoms. The van der Waals surface area contributed by atoms with Crippen LogP contribution >= 0.6 is 0 Å². The molecule has 1 unspecified atom stereocenters. The van der Waals surface area contributed by atoms with Gasteiger partial charge < -0.3 is 15.2 Å². The fourth-order valence-corrected chi connectivity index (χ4v) is 4.91. The van der Waals surface area contributed by atoms with E-state index in [-0.39, 0.29) is 23.7 Å². The standard InChI is InChI=1S/C23H34N4O3/c1-4-6-10-26-17-11-16(12-18(26)14-30-13-17)24-23(29)22-21-19(8-7-9-20(21)28)27(25-22)15(3)5-2/h7-9,15-18,28H,4-6,10-14H2,1-3H3,(H,24,29)/t15?,17-,18-/m0/s1. The second-order valence-electron chi connectivity index (χ2n) is 8.80. The zero-order valence-corrected chi connectivity index (χ0v) is 18.3. The van der Waals surface area contributed by atoms with Crippen molar-refractivity contribution in [2.45, 2.75) is 77.0 Å². The number of phenolic OH excluding ortho intramolecular Hbond substituents is 1. The summed E-state index contributed by atoms with van der Waals surface area (Å²) in [5.41, 5.74) is 1.12. The Morgan fingerprint density at radius 1 is 1.30 bits per heavy atom. The molecule has 3 heterocycles. The molecule has 1 amide bonds. The summed E-state index contributed by atoms with van der Waals surface area (Å²) in [6.45, 7) is 8.96. The molecule has 1 aromatic carbocycles. The quantitative estimate of drug-likeness (QED) is 0.725. The maximum Gasteiger partial charge on any atom is 0.272 e. The minimum Gasteiger partial charge on any atom is -0.507 e. The average molecular weight is 415 g/mol. The van der Waals surface area contributed by atoms with E-state index in [1.807, 2.05) is 10.7 Å². The molecule has 1 aromatic heterocycles. The number of morpholine rings is 1. The van der Waals surface area contributed by atoms with Gasteiger partial charge in [0.25, 0.3) is 5.91 Å². The Balaban J connectivity index is 1.54. The molecule has 0 saturated carbocycles. The second-order valence-corrected chi connectivity index (χ2v) is 8.80. The van der Waals surface area contributed by atoms with Gasteiger partial charge in [-0.3, -0.25) is 14.4 Å². The van der Waals surface area contributed by atoms with Crippen molar-refractivity contribution >= 4 is 16.8 Å². The first-order valence-electron chi connectivity index (χ1n) is 11.4. The van der Waals surface area contributed by atoms with Crippen LogP contribution in [0.2, 0.25) is 0 Å². The lowest BCUT2D eigenvalue weighted by atomic mass is 9.89. The number of amides is 1. The fraction of sp³-hybridized carbons (Fsp3) is 0.652. The van der Waals surface area contributed by atoms with Crippen LogP contribution in [-0.4, -0.2) is 63.6 Å². The van der Waals surface area contributed by atoms with Crippen LogP contribution in [0.25, 0.3) is 10.9 Å². The number of unbranched alkanes of at least 4 members (excludes halogenated alkanes) is 1. The predicted octanol–water partition coefficient (Wildman–Crippen LogP) is 3.47. The highest BCUT2D eigenvalue weighted by atomic mass is 16.5. The summed E-state index contributed by atoms with van der Waals surface area (Å²) in [5.74, 6) is -0.0959. The number of piperidine rings is 1. The third-order valence-electron chi connectivity index (χ3n) is 6.71. The molecule has 0 radical (unpaired) electrons. The number of carbonyl (C=O) groups excluding carboxylic acids is 1. The smallest absolute Gasteiger partial charge is 0.272 e. The van der Waals surface area contributed by atoms with Crippen LogP contribution in [0.5, 0.6) is 5.75 Å². The summed E-state index contributed by atoms with van der Waals surface area (Å²) >= 11 is 0. The Bertz CT molecular complexity index is 882. The Hall–Kier alpha value is -2.12. The van der Waals surface area contributed by atoms with Crippen LogP contribution in [0.3, 0.4) is 0 Å². The molecule has 2 aliphatic rings. The van der Waals surface area contributed by atoms with Crippen LogP contribution in [0.15, 0.2) is 18.2 Å². The van der Waals surface area contributed by atoms with Crippen LogP contribution in [0, 0.1) is 0 Å². The van der Waals surface area contributed by atoms with Crippen LogP contribution in [0.4, 0.5) is 0 Å². The summed E-state index contributed by atoms with van der Waals surface area (Å²) < 4.78 is 7.66. The summed E-state index contributed by atoms with van der Waals surface area (Å²) in [6.07, 6.45) is 5.06. The lowest BCUT2D eigenvalue weighted by Gasteiger charge is -2.48. The van der Waals surface area contributed by atoms with Gasteiger partial charge in [0.1, 0.15) is 5.75 Å². The van der Waals surface area contributed by atoms with E-state index in [0.29, 0.717) is 23.2 Å². The molecule has 7 heteroatoms. The molecule has 2 N–H and O–H groups in total. The van der Waals surface area contributed by atoms with Crippen molar-refractivity contribution < 1.29 is 14.6 Å². The molecule has 2 fully saturated rings. The van der Waals surface area contributed by atoms with E-state index in [2.05, 4.69) is 36.1 Å². The molecule has 4 rings (SSSR count). The van der Waals surface area contributed by atoms with Crippen molar-refractivity contribution in [2.24, 2.45) is 0 Å². The largest absolute Gasteiger partial charge is 0.507 e. The Labute approximate surface area is 178 Å². The lowest BCUT2D eigenvalue weighted by molar-refractivity contribution is -0.0802. The van der Waals surface area contributed by atoms with E-state index in [9.17, 15) is 9.90 Å². The van der Waals surface area contributed by atoms with Crippen molar-refractivity contribution in [3.8, 4) is 5.75 Å². The minimum atomic E-state index is -0.199. The summed E-state index contributed by atoms with van der Waals surface area (Å²) in [6, 6.07) is 6.30. The SMILES string of the molecule is CCCCN1[C@@H]2COC[C@@H]1CC(NC(=O)c1nn(C(C)CC)c3cccc(O)c13)C2. The molecule has 0 aliphatic carbocycles. The first-order valence-corrected chi connectivity index (χ1v) is 11.4. The Morgan fingerprint density at radius 2 is 2.03 bits per heavy atom. The Kier molecular flexibility index (Phi) is 6.29. The zero-order chi connectivity index (χ0) is 21.3. The van der Waals surface area contributed by atoms with Gasteiger partial charge in [0.2, 0.25) is 0 Å². The number of ether oxygens (including phenoxy) is 1. The van der Waals surface area contributed by atoms with E-state index in [4.69, 9.17) is 4.74 Å². The van der Waals surface area contributed by atoms with Gasteiger partial charge in [0.15, 0.2) is 5.69 Å². The van der Waals surface area contributed by atoms with Crippen molar-refractivity contribution in [1.29, 1.82) is 0 Å². The fourth-order valence-electron chi connectivity index (χ4n) is 4.91. The Morgan fingerprint density at radius 3 is 2.70 bits per heavy atom. The minimum absolute atomic E-state index is 0.101. The number of hydrogen-bond acceptors (Lipinski definition) is 5. The molecule has 2 aromatic rings. The summed E-state index contributed by atoms with van der Waals surface area (Å²) in [7, 11) is 0. The highest BCUT2D eigenvalue weighted by Gasteiger charge is 2.39. The molecule has 3 atom stereocenters.